The summed E-state index contributed by atoms with van der Waals surface area (Å²) in [5, 5.41) is 2.63. The van der Waals surface area contributed by atoms with Crippen LogP contribution in [0.4, 0.5) is 22.0 Å². The lowest BCUT2D eigenvalue weighted by Crippen LogP contribution is -2.36. The maximum Gasteiger partial charge on any atom is 0.411 e. The maximum atomic E-state index is 11.7. The highest BCUT2D eigenvalue weighted by molar-refractivity contribution is 5.84. The van der Waals surface area contributed by atoms with E-state index in [4.69, 9.17) is 19.9 Å². The Hall–Kier alpha value is -3.00. The number of nitrogen functional groups attached to an aromatic ring is 1. The highest BCUT2D eigenvalue weighted by Crippen LogP contribution is 2.23. The van der Waals surface area contributed by atoms with Gasteiger partial charge in [-0.05, 0) is 12.1 Å². The van der Waals surface area contributed by atoms with Crippen LogP contribution in [0.1, 0.15) is 0 Å². The fourth-order valence-electron chi connectivity index (χ4n) is 2.55. The fourth-order valence-corrected chi connectivity index (χ4v) is 2.55. The molecular weight excluding hydrogens is 336 g/mol. The molecular formula is C18H22N4O4. The minimum absolute atomic E-state index is 0.0992. The molecule has 1 saturated heterocycles. The van der Waals surface area contributed by atoms with Crippen molar-refractivity contribution >= 4 is 23.3 Å². The van der Waals surface area contributed by atoms with Crippen molar-refractivity contribution in [3.05, 3.63) is 42.5 Å². The number of rotatable bonds is 6. The van der Waals surface area contributed by atoms with Crippen LogP contribution in [0, 0.1) is 0 Å². The van der Waals surface area contributed by atoms with Gasteiger partial charge in [-0.25, -0.2) is 4.79 Å². The second-order valence-electron chi connectivity index (χ2n) is 5.66. The number of aromatic nitrogens is 1. The van der Waals surface area contributed by atoms with Crippen LogP contribution in [-0.2, 0) is 9.47 Å². The SMILES string of the molecule is Nc1cc(N2CCOCC2)cc(OCCOC(=O)Nc2ccccc2)n1. The zero-order chi connectivity index (χ0) is 18.2. The molecule has 0 bridgehead atoms. The van der Waals surface area contributed by atoms with Gasteiger partial charge in [-0.1, -0.05) is 18.2 Å². The molecule has 3 N–H and O–H groups in total. The summed E-state index contributed by atoms with van der Waals surface area (Å²) >= 11 is 0. The fraction of sp³-hybridized carbons (Fsp3) is 0.333. The maximum absolute atomic E-state index is 11.7. The van der Waals surface area contributed by atoms with Gasteiger partial charge >= 0.3 is 6.09 Å². The number of para-hydroxylation sites is 1. The Bertz CT molecular complexity index is 720. The average molecular weight is 358 g/mol. The van der Waals surface area contributed by atoms with Gasteiger partial charge in [-0.2, -0.15) is 4.98 Å². The summed E-state index contributed by atoms with van der Waals surface area (Å²) < 4.78 is 16.0. The lowest BCUT2D eigenvalue weighted by Gasteiger charge is -2.29. The minimum atomic E-state index is -0.533. The van der Waals surface area contributed by atoms with Crippen molar-refractivity contribution in [1.82, 2.24) is 4.98 Å². The van der Waals surface area contributed by atoms with E-state index in [0.29, 0.717) is 30.6 Å². The number of hydrogen-bond acceptors (Lipinski definition) is 7. The molecule has 1 aliphatic rings. The van der Waals surface area contributed by atoms with Gasteiger partial charge in [0, 0.05) is 36.6 Å². The molecule has 0 spiro atoms. The van der Waals surface area contributed by atoms with Gasteiger partial charge < -0.3 is 24.8 Å². The van der Waals surface area contributed by atoms with Crippen LogP contribution in [0.2, 0.25) is 0 Å². The number of hydrogen-bond donors (Lipinski definition) is 2. The van der Waals surface area contributed by atoms with Crippen LogP contribution in [-0.4, -0.2) is 50.6 Å². The predicted octanol–water partition coefficient (Wildman–Crippen LogP) is 2.13. The smallest absolute Gasteiger partial charge is 0.411 e. The standard InChI is InChI=1S/C18H22N4O4/c19-16-12-15(22-6-8-24-9-7-22)13-17(21-16)25-10-11-26-18(23)20-14-4-2-1-3-5-14/h1-5,12-13H,6-11H2,(H2,19,21)(H,20,23). The van der Waals surface area contributed by atoms with Gasteiger partial charge in [0.25, 0.3) is 0 Å². The van der Waals surface area contributed by atoms with Crippen molar-refractivity contribution in [2.24, 2.45) is 0 Å². The van der Waals surface area contributed by atoms with Gasteiger partial charge in [-0.15, -0.1) is 0 Å². The van der Waals surface area contributed by atoms with E-state index in [-0.39, 0.29) is 13.2 Å². The van der Waals surface area contributed by atoms with Crippen LogP contribution >= 0.6 is 0 Å². The summed E-state index contributed by atoms with van der Waals surface area (Å²) in [5.41, 5.74) is 7.48. The van der Waals surface area contributed by atoms with E-state index in [2.05, 4.69) is 15.2 Å². The number of morpholine rings is 1. The number of ether oxygens (including phenoxy) is 3. The lowest BCUT2D eigenvalue weighted by molar-refractivity contribution is 0.122. The van der Waals surface area contributed by atoms with E-state index in [1.54, 1.807) is 12.1 Å². The first-order chi connectivity index (χ1) is 12.7. The molecule has 0 saturated carbocycles. The number of carbonyl (C=O) groups excluding carboxylic acids is 1. The third-order valence-electron chi connectivity index (χ3n) is 3.77. The van der Waals surface area contributed by atoms with Crippen molar-refractivity contribution in [1.29, 1.82) is 0 Å². The molecule has 1 aromatic heterocycles. The normalized spacial score (nSPS) is 13.9. The van der Waals surface area contributed by atoms with Crippen LogP contribution in [0.15, 0.2) is 42.5 Å². The molecule has 2 heterocycles. The van der Waals surface area contributed by atoms with E-state index in [1.807, 2.05) is 30.3 Å². The number of carbonyl (C=O) groups is 1. The third-order valence-corrected chi connectivity index (χ3v) is 3.77. The van der Waals surface area contributed by atoms with Gasteiger partial charge in [0.15, 0.2) is 0 Å². The summed E-state index contributed by atoms with van der Waals surface area (Å²) in [5.74, 6) is 0.783. The van der Waals surface area contributed by atoms with Crippen LogP contribution in [0.5, 0.6) is 5.88 Å². The number of nitrogens with two attached hydrogens (primary N) is 1. The van der Waals surface area contributed by atoms with E-state index in [0.717, 1.165) is 18.8 Å². The van der Waals surface area contributed by atoms with E-state index >= 15 is 0 Å². The van der Waals surface area contributed by atoms with Crippen LogP contribution < -0.4 is 20.7 Å². The molecule has 1 aliphatic heterocycles. The first-order valence-corrected chi connectivity index (χ1v) is 8.42. The molecule has 1 aromatic carbocycles. The summed E-state index contributed by atoms with van der Waals surface area (Å²) in [6, 6.07) is 12.7. The molecule has 8 heteroatoms. The van der Waals surface area contributed by atoms with Crippen LogP contribution in [0.3, 0.4) is 0 Å². The molecule has 0 unspecified atom stereocenters. The highest BCUT2D eigenvalue weighted by atomic mass is 16.6. The molecule has 1 amide bonds. The Labute approximate surface area is 151 Å². The van der Waals surface area contributed by atoms with Crippen molar-refractivity contribution in [2.45, 2.75) is 0 Å². The summed E-state index contributed by atoms with van der Waals surface area (Å²) in [4.78, 5) is 18.0. The monoisotopic (exact) mass is 358 g/mol. The van der Waals surface area contributed by atoms with E-state index in [1.165, 1.54) is 0 Å². The largest absolute Gasteiger partial charge is 0.474 e. The molecule has 0 radical (unpaired) electrons. The van der Waals surface area contributed by atoms with E-state index < -0.39 is 6.09 Å². The molecule has 0 atom stereocenters. The molecule has 138 valence electrons. The summed E-state index contributed by atoms with van der Waals surface area (Å²) in [6.45, 7) is 3.24. The quantitative estimate of drug-likeness (QED) is 0.763. The minimum Gasteiger partial charge on any atom is -0.474 e. The number of nitrogens with zero attached hydrogens (tertiary/aromatic N) is 2. The second-order valence-corrected chi connectivity index (χ2v) is 5.66. The molecule has 0 aliphatic carbocycles. The van der Waals surface area contributed by atoms with Crippen molar-refractivity contribution in [3.63, 3.8) is 0 Å². The van der Waals surface area contributed by atoms with Gasteiger partial charge in [0.05, 0.1) is 13.2 Å². The summed E-state index contributed by atoms with van der Waals surface area (Å²) in [6.07, 6.45) is -0.533. The van der Waals surface area contributed by atoms with Gasteiger partial charge in [0.2, 0.25) is 5.88 Å². The summed E-state index contributed by atoms with van der Waals surface area (Å²) in [7, 11) is 0. The zero-order valence-corrected chi connectivity index (χ0v) is 14.4. The zero-order valence-electron chi connectivity index (χ0n) is 14.4. The molecule has 26 heavy (non-hydrogen) atoms. The number of amides is 1. The molecule has 2 aromatic rings. The number of anilines is 3. The van der Waals surface area contributed by atoms with Crippen molar-refractivity contribution in [2.75, 3.05) is 55.5 Å². The Balaban J connectivity index is 1.45. The van der Waals surface area contributed by atoms with Crippen LogP contribution in [0.25, 0.3) is 0 Å². The first-order valence-electron chi connectivity index (χ1n) is 8.42. The topological polar surface area (TPSA) is 98.9 Å². The Morgan fingerprint density at radius 1 is 1.19 bits per heavy atom. The number of benzene rings is 1. The predicted molar refractivity (Wildman–Crippen MR) is 98.6 cm³/mol. The number of pyridine rings is 1. The Morgan fingerprint density at radius 3 is 2.73 bits per heavy atom. The Morgan fingerprint density at radius 2 is 1.96 bits per heavy atom. The lowest BCUT2D eigenvalue weighted by atomic mass is 10.3. The average Bonchev–Trinajstić information content (AvgIpc) is 2.66. The van der Waals surface area contributed by atoms with E-state index in [9.17, 15) is 4.79 Å². The first kappa shape index (κ1) is 17.8. The molecule has 3 rings (SSSR count). The van der Waals surface area contributed by atoms with Crippen molar-refractivity contribution in [3.8, 4) is 5.88 Å². The number of nitrogens with one attached hydrogen (secondary N) is 1. The Kier molecular flexibility index (Phi) is 6.10. The second kappa shape index (κ2) is 8.91. The van der Waals surface area contributed by atoms with Gasteiger partial charge in [0.1, 0.15) is 19.0 Å². The van der Waals surface area contributed by atoms with Crippen molar-refractivity contribution < 1.29 is 19.0 Å². The van der Waals surface area contributed by atoms with Gasteiger partial charge in [-0.3, -0.25) is 5.32 Å². The molecule has 8 nitrogen and oxygen atoms in total. The molecule has 1 fully saturated rings. The third kappa shape index (κ3) is 5.25. The highest BCUT2D eigenvalue weighted by Gasteiger charge is 2.13.